The van der Waals surface area contributed by atoms with E-state index in [4.69, 9.17) is 0 Å². The number of fused-ring (bicyclic) bond motifs is 8. The number of hydrogen-bond acceptors (Lipinski definition) is 4. The molecule has 2 heterocycles. The van der Waals surface area contributed by atoms with Gasteiger partial charge >= 0.3 is 0 Å². The first kappa shape index (κ1) is 13.0. The van der Waals surface area contributed by atoms with Crippen molar-refractivity contribution >= 4 is 33.8 Å². The van der Waals surface area contributed by atoms with Crippen molar-refractivity contribution < 1.29 is 9.59 Å². The number of rotatable bonds is 0. The summed E-state index contributed by atoms with van der Waals surface area (Å²) in [5.41, 5.74) is 2.49. The van der Waals surface area contributed by atoms with Gasteiger partial charge in [0.15, 0.2) is 10.2 Å². The van der Waals surface area contributed by atoms with Crippen LogP contribution >= 0.6 is 23.5 Å². The summed E-state index contributed by atoms with van der Waals surface area (Å²) in [4.78, 5) is 27.2. The van der Waals surface area contributed by atoms with E-state index in [0.717, 1.165) is 9.79 Å². The second kappa shape index (κ2) is 4.49. The Morgan fingerprint density at radius 1 is 0.591 bits per heavy atom. The highest BCUT2D eigenvalue weighted by molar-refractivity contribution is 8.14. The van der Waals surface area contributed by atoms with Gasteiger partial charge in [0.25, 0.3) is 0 Å². The topological polar surface area (TPSA) is 34.1 Å². The Hall–Kier alpha value is -1.52. The Labute approximate surface area is 136 Å². The molecule has 2 nitrogen and oxygen atoms in total. The second-order valence-corrected chi connectivity index (χ2v) is 8.11. The van der Waals surface area contributed by atoms with Crippen LogP contribution in [0.5, 0.6) is 0 Å². The van der Waals surface area contributed by atoms with Crippen molar-refractivity contribution in [1.82, 2.24) is 0 Å². The Morgan fingerprint density at radius 3 is 1.45 bits per heavy atom. The largest absolute Gasteiger partial charge is 0.286 e. The summed E-state index contributed by atoms with van der Waals surface area (Å²) in [6.45, 7) is 0. The van der Waals surface area contributed by atoms with Gasteiger partial charge in [-0.3, -0.25) is 9.59 Å². The Kier molecular flexibility index (Phi) is 2.65. The van der Waals surface area contributed by atoms with Crippen LogP contribution in [0.1, 0.15) is 23.0 Å². The molecule has 0 N–H and O–H groups in total. The van der Waals surface area contributed by atoms with Crippen LogP contribution in [-0.4, -0.2) is 10.2 Å². The fourth-order valence-corrected chi connectivity index (χ4v) is 6.39. The predicted octanol–water partition coefficient (Wildman–Crippen LogP) is 4.06. The maximum absolute atomic E-state index is 12.5. The summed E-state index contributed by atoms with van der Waals surface area (Å²) in [6, 6.07) is 16.3. The highest BCUT2D eigenvalue weighted by Gasteiger charge is 2.62. The summed E-state index contributed by atoms with van der Waals surface area (Å²) in [5.74, 6) is 0.0541. The van der Waals surface area contributed by atoms with Crippen molar-refractivity contribution in [3.05, 3.63) is 59.7 Å². The molecule has 0 radical (unpaired) electrons. The summed E-state index contributed by atoms with van der Waals surface area (Å²) >= 11 is 2.63. The molecule has 1 saturated carbocycles. The minimum atomic E-state index is -0.141. The highest BCUT2D eigenvalue weighted by atomic mass is 32.2. The molecule has 0 bridgehead atoms. The number of benzene rings is 2. The molecule has 1 fully saturated rings. The Bertz CT molecular complexity index is 760. The van der Waals surface area contributed by atoms with Crippen molar-refractivity contribution in [2.75, 3.05) is 0 Å². The summed E-state index contributed by atoms with van der Waals surface area (Å²) in [7, 11) is 0. The van der Waals surface area contributed by atoms with Crippen LogP contribution < -0.4 is 0 Å². The Balaban J connectivity index is 1.71. The molecule has 1 aliphatic carbocycles. The van der Waals surface area contributed by atoms with Gasteiger partial charge in [-0.15, -0.1) is 0 Å². The van der Waals surface area contributed by atoms with E-state index in [9.17, 15) is 9.59 Å². The quantitative estimate of drug-likeness (QED) is 0.732. The second-order valence-electron chi connectivity index (χ2n) is 6.02. The fraction of sp³-hybridized carbons (Fsp3) is 0.222. The van der Waals surface area contributed by atoms with Crippen LogP contribution in [0.4, 0.5) is 0 Å². The van der Waals surface area contributed by atoms with E-state index in [-0.39, 0.29) is 33.9 Å². The standard InChI is InChI=1S/C18H12O2S2/c19-17-15-13(9-5-1-3-7-11(9)21-17)14-10-6-2-4-8-12(10)22-18(20)16(14)15/h1-8,13-16H/t13-,14?,15-,16?/m0/s1. The number of hydrogen-bond donors (Lipinski definition) is 0. The van der Waals surface area contributed by atoms with E-state index >= 15 is 0 Å². The molecule has 22 heavy (non-hydrogen) atoms. The van der Waals surface area contributed by atoms with E-state index < -0.39 is 0 Å². The third-order valence-corrected chi connectivity index (χ3v) is 7.20. The zero-order chi connectivity index (χ0) is 14.8. The van der Waals surface area contributed by atoms with Crippen LogP contribution in [-0.2, 0) is 9.59 Å². The lowest BCUT2D eigenvalue weighted by molar-refractivity contribution is -0.132. The van der Waals surface area contributed by atoms with E-state index in [0.29, 0.717) is 0 Å². The van der Waals surface area contributed by atoms with Crippen LogP contribution in [0.15, 0.2) is 58.3 Å². The molecule has 108 valence electrons. The summed E-state index contributed by atoms with van der Waals surface area (Å²) < 4.78 is 0. The molecule has 2 aromatic rings. The zero-order valence-electron chi connectivity index (χ0n) is 11.6. The molecule has 0 aromatic heterocycles. The lowest BCUT2D eigenvalue weighted by Crippen LogP contribution is -2.52. The van der Waals surface area contributed by atoms with Crippen molar-refractivity contribution in [3.63, 3.8) is 0 Å². The van der Waals surface area contributed by atoms with Gasteiger partial charge in [0.2, 0.25) is 0 Å². The van der Waals surface area contributed by atoms with Crippen LogP contribution in [0.3, 0.4) is 0 Å². The number of carbonyl (C=O) groups excluding carboxylic acids is 2. The monoisotopic (exact) mass is 324 g/mol. The number of thioether (sulfide) groups is 2. The lowest BCUT2D eigenvalue weighted by Gasteiger charge is -2.54. The molecule has 0 spiro atoms. The zero-order valence-corrected chi connectivity index (χ0v) is 13.2. The van der Waals surface area contributed by atoms with Gasteiger partial charge < -0.3 is 0 Å². The third-order valence-electron chi connectivity index (χ3n) is 5.07. The van der Waals surface area contributed by atoms with E-state index in [1.165, 1.54) is 34.7 Å². The molecular formula is C18H12O2S2. The molecule has 2 aromatic carbocycles. The highest BCUT2D eigenvalue weighted by Crippen LogP contribution is 2.67. The molecule has 4 heteroatoms. The predicted molar refractivity (Wildman–Crippen MR) is 87.1 cm³/mol. The fourth-order valence-electron chi connectivity index (χ4n) is 4.16. The van der Waals surface area contributed by atoms with Crippen molar-refractivity contribution in [2.24, 2.45) is 11.8 Å². The summed E-state index contributed by atoms with van der Waals surface area (Å²) in [6.07, 6.45) is 0. The molecule has 5 rings (SSSR count). The first-order valence-corrected chi connectivity index (χ1v) is 9.00. The van der Waals surface area contributed by atoms with Gasteiger partial charge in [-0.25, -0.2) is 0 Å². The first-order valence-electron chi connectivity index (χ1n) is 7.37. The van der Waals surface area contributed by atoms with Gasteiger partial charge in [0.05, 0.1) is 0 Å². The van der Waals surface area contributed by atoms with E-state index in [2.05, 4.69) is 12.1 Å². The van der Waals surface area contributed by atoms with Crippen molar-refractivity contribution in [1.29, 1.82) is 0 Å². The lowest BCUT2D eigenvalue weighted by atomic mass is 9.53. The smallest absolute Gasteiger partial charge is 0.198 e. The molecule has 4 atom stereocenters. The van der Waals surface area contributed by atoms with Crippen LogP contribution in [0.25, 0.3) is 0 Å². The average Bonchev–Trinajstić information content (AvgIpc) is 2.49. The maximum atomic E-state index is 12.5. The van der Waals surface area contributed by atoms with Crippen LogP contribution in [0, 0.1) is 11.8 Å². The van der Waals surface area contributed by atoms with E-state index in [1.54, 1.807) is 0 Å². The minimum absolute atomic E-state index is 0.141. The summed E-state index contributed by atoms with van der Waals surface area (Å²) in [5, 5.41) is 0.330. The third kappa shape index (κ3) is 1.54. The molecule has 2 unspecified atom stereocenters. The van der Waals surface area contributed by atoms with E-state index in [1.807, 2.05) is 36.4 Å². The van der Waals surface area contributed by atoms with Gasteiger partial charge in [0.1, 0.15) is 0 Å². The minimum Gasteiger partial charge on any atom is -0.286 e. The molecule has 0 amide bonds. The molecular weight excluding hydrogens is 312 g/mol. The van der Waals surface area contributed by atoms with Gasteiger partial charge in [-0.05, 0) is 23.3 Å². The maximum Gasteiger partial charge on any atom is 0.198 e. The first-order chi connectivity index (χ1) is 10.8. The molecule has 2 aliphatic heterocycles. The van der Waals surface area contributed by atoms with Gasteiger partial charge in [-0.2, -0.15) is 0 Å². The van der Waals surface area contributed by atoms with Crippen LogP contribution in [0.2, 0.25) is 0 Å². The molecule has 0 saturated heterocycles. The Morgan fingerprint density at radius 2 is 1.00 bits per heavy atom. The SMILES string of the molecule is O=C1Sc2ccccc2C2C1[C@H]1C(=O)Sc3ccccc3[C@@H]21. The normalized spacial score (nSPS) is 31.5. The van der Waals surface area contributed by atoms with Gasteiger partial charge in [-0.1, -0.05) is 59.9 Å². The average molecular weight is 324 g/mol. The molecule has 3 aliphatic rings. The van der Waals surface area contributed by atoms with Gasteiger partial charge in [0, 0.05) is 33.5 Å². The van der Waals surface area contributed by atoms with Crippen molar-refractivity contribution in [2.45, 2.75) is 21.6 Å². The van der Waals surface area contributed by atoms with Crippen molar-refractivity contribution in [3.8, 4) is 0 Å². The number of carbonyl (C=O) groups is 2.